The first-order valence-electron chi connectivity index (χ1n) is 12.1. The first-order valence-corrected chi connectivity index (χ1v) is 12.9. The van der Waals surface area contributed by atoms with E-state index in [1.54, 1.807) is 0 Å². The number of H-pyrrole nitrogens is 1. The van der Waals surface area contributed by atoms with Crippen LogP contribution in [-0.4, -0.2) is 4.98 Å². The van der Waals surface area contributed by atoms with Crippen LogP contribution in [0.4, 0.5) is 0 Å². The molecule has 1 atom stereocenters. The minimum Gasteiger partial charge on any atom is -0.402 e. The average Bonchev–Trinajstić information content (AvgIpc) is 3.20. The molecule has 0 aliphatic carbocycles. The van der Waals surface area contributed by atoms with Gasteiger partial charge in [0, 0.05) is 27.1 Å². The molecule has 1 aromatic heterocycles. The summed E-state index contributed by atoms with van der Waals surface area (Å²) in [6.45, 7) is 17.4. The molecule has 0 spiro atoms. The largest absolute Gasteiger partial charge is 0.402 e. The van der Waals surface area contributed by atoms with E-state index in [0.717, 1.165) is 27.0 Å². The summed E-state index contributed by atoms with van der Waals surface area (Å²) in [4.78, 5) is 3.75. The van der Waals surface area contributed by atoms with Crippen LogP contribution in [0.5, 0.6) is 0 Å². The van der Waals surface area contributed by atoms with Crippen LogP contribution in [0.1, 0.15) is 60.2 Å². The zero-order valence-electron chi connectivity index (χ0n) is 21.6. The van der Waals surface area contributed by atoms with Gasteiger partial charge < -0.3 is 10.7 Å². The lowest BCUT2D eigenvalue weighted by atomic mass is 9.82. The highest BCUT2D eigenvalue weighted by Crippen LogP contribution is 2.41. The lowest BCUT2D eigenvalue weighted by Crippen LogP contribution is -2.15. The van der Waals surface area contributed by atoms with Gasteiger partial charge in [-0.3, -0.25) is 0 Å². The smallest absolute Gasteiger partial charge is 0.0641 e. The van der Waals surface area contributed by atoms with Crippen LogP contribution in [0.25, 0.3) is 22.4 Å². The molecule has 3 N–H and O–H groups in total. The van der Waals surface area contributed by atoms with Gasteiger partial charge in [0.1, 0.15) is 0 Å². The van der Waals surface area contributed by atoms with Crippen molar-refractivity contribution in [3.8, 4) is 22.4 Å². The lowest BCUT2D eigenvalue weighted by Gasteiger charge is -2.24. The van der Waals surface area contributed by atoms with E-state index in [1.807, 2.05) is 0 Å². The van der Waals surface area contributed by atoms with E-state index in [4.69, 9.17) is 5.73 Å². The van der Waals surface area contributed by atoms with Gasteiger partial charge in [0.2, 0.25) is 0 Å². The van der Waals surface area contributed by atoms with Crippen LogP contribution in [0.3, 0.4) is 0 Å². The maximum absolute atomic E-state index is 6.55. The predicted octanol–water partition coefficient (Wildman–Crippen LogP) is 8.94. The SMILES string of the molecule is C=C(N)C(c1[nH]c(-c2ccc(Br)cc2)cc1-c1ccc(C(C)(C)C)cc1)c1c(C)cc(C)cc1C. The maximum atomic E-state index is 6.55. The number of aryl methyl sites for hydroxylation is 3. The third kappa shape index (κ3) is 5.16. The number of hydrogen-bond acceptors (Lipinski definition) is 1. The highest BCUT2D eigenvalue weighted by molar-refractivity contribution is 9.10. The van der Waals surface area contributed by atoms with Crippen molar-refractivity contribution >= 4 is 15.9 Å². The number of rotatable bonds is 5. The zero-order valence-corrected chi connectivity index (χ0v) is 23.2. The number of allylic oxidation sites excluding steroid dienone is 1. The summed E-state index contributed by atoms with van der Waals surface area (Å²) in [5, 5.41) is 0. The second-order valence-corrected chi connectivity index (χ2v) is 11.6. The number of halogens is 1. The van der Waals surface area contributed by atoms with Crippen molar-refractivity contribution in [1.29, 1.82) is 0 Å². The van der Waals surface area contributed by atoms with E-state index in [2.05, 4.69) is 136 Å². The van der Waals surface area contributed by atoms with Gasteiger partial charge in [-0.05, 0) is 77.8 Å². The van der Waals surface area contributed by atoms with Gasteiger partial charge in [-0.25, -0.2) is 0 Å². The van der Waals surface area contributed by atoms with Gasteiger partial charge >= 0.3 is 0 Å². The van der Waals surface area contributed by atoms with E-state index in [-0.39, 0.29) is 11.3 Å². The fraction of sp³-hybridized carbons (Fsp3) is 0.250. The Morgan fingerprint density at radius 3 is 1.91 bits per heavy atom. The summed E-state index contributed by atoms with van der Waals surface area (Å²) in [5.74, 6) is -0.142. The van der Waals surface area contributed by atoms with Gasteiger partial charge in [0.25, 0.3) is 0 Å². The monoisotopic (exact) mass is 526 g/mol. The Kier molecular flexibility index (Phi) is 6.83. The molecule has 3 aromatic carbocycles. The van der Waals surface area contributed by atoms with E-state index in [9.17, 15) is 0 Å². The molecular weight excluding hydrogens is 492 g/mol. The number of hydrogen-bond donors (Lipinski definition) is 2. The molecule has 1 heterocycles. The normalized spacial score (nSPS) is 12.5. The second kappa shape index (κ2) is 9.54. The van der Waals surface area contributed by atoms with E-state index >= 15 is 0 Å². The number of nitrogens with one attached hydrogen (secondary N) is 1. The van der Waals surface area contributed by atoms with Crippen molar-refractivity contribution in [1.82, 2.24) is 4.98 Å². The van der Waals surface area contributed by atoms with Crippen molar-refractivity contribution < 1.29 is 0 Å². The minimum atomic E-state index is -0.142. The summed E-state index contributed by atoms with van der Waals surface area (Å²) in [6.07, 6.45) is 0. The number of aromatic nitrogens is 1. The molecule has 0 radical (unpaired) electrons. The molecule has 180 valence electrons. The van der Waals surface area contributed by atoms with Gasteiger partial charge in [-0.15, -0.1) is 0 Å². The van der Waals surface area contributed by atoms with Gasteiger partial charge in [0.05, 0.1) is 5.92 Å². The van der Waals surface area contributed by atoms with Crippen molar-refractivity contribution in [3.05, 3.63) is 117 Å². The van der Waals surface area contributed by atoms with Crippen LogP contribution < -0.4 is 5.73 Å². The summed E-state index contributed by atoms with van der Waals surface area (Å²) in [5.41, 5.74) is 19.1. The molecule has 0 saturated heterocycles. The van der Waals surface area contributed by atoms with Gasteiger partial charge in [0.15, 0.2) is 0 Å². The van der Waals surface area contributed by atoms with Crippen LogP contribution in [0.15, 0.2) is 83.5 Å². The number of aromatic amines is 1. The third-order valence-electron chi connectivity index (χ3n) is 6.75. The standard InChI is InChI=1S/C32H35BrN2/c1-19-16-20(2)29(21(3)17-19)30(22(4)34)31-27(23-8-12-25(13-9-23)32(5,6)7)18-28(35-31)24-10-14-26(33)15-11-24/h8-18,30,35H,4,34H2,1-3,5-7H3. The van der Waals surface area contributed by atoms with Crippen LogP contribution in [0, 0.1) is 20.8 Å². The molecule has 0 bridgehead atoms. The fourth-order valence-electron chi connectivity index (χ4n) is 5.03. The minimum absolute atomic E-state index is 0.103. The van der Waals surface area contributed by atoms with Gasteiger partial charge in [-0.1, -0.05) is 97.4 Å². The average molecular weight is 528 g/mol. The van der Waals surface area contributed by atoms with E-state index < -0.39 is 0 Å². The Bertz CT molecular complexity index is 1340. The molecule has 4 rings (SSSR count). The molecule has 2 nitrogen and oxygen atoms in total. The Labute approximate surface area is 218 Å². The molecule has 1 unspecified atom stereocenters. The van der Waals surface area contributed by atoms with Crippen LogP contribution >= 0.6 is 15.9 Å². The highest BCUT2D eigenvalue weighted by atomic mass is 79.9. The quantitative estimate of drug-likeness (QED) is 0.267. The summed E-state index contributed by atoms with van der Waals surface area (Å²) < 4.78 is 1.06. The Hall–Kier alpha value is -3.04. The Morgan fingerprint density at radius 1 is 0.857 bits per heavy atom. The first kappa shape index (κ1) is 25.1. The summed E-state index contributed by atoms with van der Waals surface area (Å²) in [7, 11) is 0. The molecule has 0 amide bonds. The van der Waals surface area contributed by atoms with Crippen molar-refractivity contribution in [3.63, 3.8) is 0 Å². The molecule has 0 fully saturated rings. The maximum Gasteiger partial charge on any atom is 0.0641 e. The molecule has 3 heteroatoms. The zero-order chi connectivity index (χ0) is 25.5. The Balaban J connectivity index is 1.95. The lowest BCUT2D eigenvalue weighted by molar-refractivity contribution is 0.590. The third-order valence-corrected chi connectivity index (χ3v) is 7.28. The van der Waals surface area contributed by atoms with Crippen LogP contribution in [0.2, 0.25) is 0 Å². The second-order valence-electron chi connectivity index (χ2n) is 10.7. The van der Waals surface area contributed by atoms with E-state index in [0.29, 0.717) is 5.70 Å². The van der Waals surface area contributed by atoms with Crippen molar-refractivity contribution in [2.45, 2.75) is 52.9 Å². The fourth-order valence-corrected chi connectivity index (χ4v) is 5.30. The summed E-state index contributed by atoms with van der Waals surface area (Å²) in [6, 6.07) is 24.0. The topological polar surface area (TPSA) is 41.8 Å². The first-order chi connectivity index (χ1) is 16.5. The molecule has 0 saturated carbocycles. The van der Waals surface area contributed by atoms with Crippen LogP contribution in [-0.2, 0) is 5.41 Å². The van der Waals surface area contributed by atoms with Crippen molar-refractivity contribution in [2.24, 2.45) is 5.73 Å². The van der Waals surface area contributed by atoms with Gasteiger partial charge in [-0.2, -0.15) is 0 Å². The Morgan fingerprint density at radius 2 is 1.40 bits per heavy atom. The predicted molar refractivity (Wildman–Crippen MR) is 154 cm³/mol. The van der Waals surface area contributed by atoms with Crippen molar-refractivity contribution in [2.75, 3.05) is 0 Å². The highest BCUT2D eigenvalue weighted by Gasteiger charge is 2.26. The molecule has 4 aromatic rings. The number of nitrogens with two attached hydrogens (primary N) is 1. The molecule has 0 aliphatic heterocycles. The molecule has 0 aliphatic rings. The van der Waals surface area contributed by atoms with E-state index in [1.165, 1.54) is 33.4 Å². The molecule has 35 heavy (non-hydrogen) atoms. The summed E-state index contributed by atoms with van der Waals surface area (Å²) >= 11 is 3.55. The molecular formula is C32H35BrN2. The number of benzene rings is 3.